The Morgan fingerprint density at radius 3 is 3.00 bits per heavy atom. The number of nitrogens with one attached hydrogen (secondary N) is 2. The van der Waals surface area contributed by atoms with Gasteiger partial charge in [-0.1, -0.05) is 19.4 Å². The number of aliphatic imine (C=N–C) groups is 1. The minimum atomic E-state index is -0.677. The Kier molecular flexibility index (Phi) is 8.09. The van der Waals surface area contributed by atoms with Crippen molar-refractivity contribution in [1.82, 2.24) is 10.6 Å². The molecule has 3 unspecified atom stereocenters. The second-order valence-corrected chi connectivity index (χ2v) is 8.93. The van der Waals surface area contributed by atoms with Crippen LogP contribution in [0.2, 0.25) is 0 Å². The summed E-state index contributed by atoms with van der Waals surface area (Å²) in [6.07, 6.45) is 5.39. The van der Waals surface area contributed by atoms with Gasteiger partial charge in [-0.2, -0.15) is 0 Å². The van der Waals surface area contributed by atoms with Crippen molar-refractivity contribution in [1.29, 1.82) is 0 Å². The van der Waals surface area contributed by atoms with E-state index in [2.05, 4.69) is 35.1 Å². The van der Waals surface area contributed by atoms with Gasteiger partial charge < -0.3 is 10.6 Å². The molecule has 1 fully saturated rings. The van der Waals surface area contributed by atoms with Gasteiger partial charge in [-0.05, 0) is 37.6 Å². The van der Waals surface area contributed by atoms with Crippen molar-refractivity contribution < 1.29 is 4.21 Å². The zero-order chi connectivity index (χ0) is 16.5. The Labute approximate surface area is 146 Å². The molecular weight excluding hydrogens is 326 g/mol. The molecule has 0 spiro atoms. The Balaban J connectivity index is 1.86. The third-order valence-corrected chi connectivity index (χ3v) is 6.85. The summed E-state index contributed by atoms with van der Waals surface area (Å²) in [7, 11) is -0.677. The number of hydrogen-bond donors (Lipinski definition) is 2. The van der Waals surface area contributed by atoms with Gasteiger partial charge in [0.05, 0.1) is 0 Å². The Hall–Kier alpha value is -0.880. The van der Waals surface area contributed by atoms with E-state index in [0.717, 1.165) is 56.9 Å². The van der Waals surface area contributed by atoms with Gasteiger partial charge in [-0.25, -0.2) is 0 Å². The van der Waals surface area contributed by atoms with E-state index in [1.165, 1.54) is 4.88 Å². The van der Waals surface area contributed by atoms with E-state index < -0.39 is 10.8 Å². The summed E-state index contributed by atoms with van der Waals surface area (Å²) < 4.78 is 12.1. The summed E-state index contributed by atoms with van der Waals surface area (Å²) >= 11 is 1.79. The minimum Gasteiger partial charge on any atom is -0.357 e. The average molecular weight is 356 g/mol. The maximum atomic E-state index is 12.1. The van der Waals surface area contributed by atoms with Gasteiger partial charge in [0, 0.05) is 52.2 Å². The highest BCUT2D eigenvalue weighted by Gasteiger charge is 2.25. The molecule has 1 aliphatic rings. The van der Waals surface area contributed by atoms with Gasteiger partial charge >= 0.3 is 0 Å². The van der Waals surface area contributed by atoms with E-state index in [1.807, 2.05) is 6.92 Å². The van der Waals surface area contributed by atoms with Gasteiger partial charge in [0.25, 0.3) is 0 Å². The van der Waals surface area contributed by atoms with Crippen molar-refractivity contribution in [2.45, 2.75) is 57.2 Å². The van der Waals surface area contributed by atoms with Crippen LogP contribution in [-0.4, -0.2) is 40.3 Å². The Morgan fingerprint density at radius 2 is 2.30 bits per heavy atom. The SMILES string of the molecule is CCNC(=NCCc1cccs1)NC1CCCC(S(=O)CC)C1. The fourth-order valence-corrected chi connectivity index (χ4v) is 5.04. The number of nitrogens with zero attached hydrogens (tertiary/aromatic N) is 1. The normalized spacial score (nSPS) is 23.5. The molecule has 1 saturated carbocycles. The summed E-state index contributed by atoms with van der Waals surface area (Å²) in [5, 5.41) is 9.35. The third-order valence-electron chi connectivity index (χ3n) is 4.18. The van der Waals surface area contributed by atoms with Gasteiger partial charge in [0.2, 0.25) is 0 Å². The zero-order valence-electron chi connectivity index (χ0n) is 14.2. The van der Waals surface area contributed by atoms with Crippen LogP contribution in [0.3, 0.4) is 0 Å². The maximum absolute atomic E-state index is 12.1. The largest absolute Gasteiger partial charge is 0.357 e. The van der Waals surface area contributed by atoms with Crippen LogP contribution in [-0.2, 0) is 17.2 Å². The molecule has 0 saturated heterocycles. The van der Waals surface area contributed by atoms with Crippen molar-refractivity contribution >= 4 is 28.1 Å². The highest BCUT2D eigenvalue weighted by atomic mass is 32.2. The quantitative estimate of drug-likeness (QED) is 0.584. The van der Waals surface area contributed by atoms with E-state index in [9.17, 15) is 4.21 Å². The van der Waals surface area contributed by atoms with Crippen molar-refractivity contribution in [3.63, 3.8) is 0 Å². The van der Waals surface area contributed by atoms with Crippen LogP contribution in [0.5, 0.6) is 0 Å². The second-order valence-electron chi connectivity index (χ2n) is 5.89. The summed E-state index contributed by atoms with van der Waals surface area (Å²) in [6.45, 7) is 5.77. The van der Waals surface area contributed by atoms with E-state index >= 15 is 0 Å². The van der Waals surface area contributed by atoms with Gasteiger partial charge in [-0.15, -0.1) is 11.3 Å². The molecule has 6 heteroatoms. The molecule has 0 aliphatic heterocycles. The summed E-state index contributed by atoms with van der Waals surface area (Å²) in [5.41, 5.74) is 0. The molecule has 1 aliphatic carbocycles. The predicted octanol–water partition coefficient (Wildman–Crippen LogP) is 2.93. The first-order valence-electron chi connectivity index (χ1n) is 8.67. The molecule has 3 atom stereocenters. The molecule has 0 amide bonds. The molecule has 0 aromatic carbocycles. The molecule has 23 heavy (non-hydrogen) atoms. The maximum Gasteiger partial charge on any atom is 0.191 e. The first-order chi connectivity index (χ1) is 11.2. The molecular formula is C17H29N3OS2. The second kappa shape index (κ2) is 10.1. The van der Waals surface area contributed by atoms with Gasteiger partial charge in [-0.3, -0.25) is 9.20 Å². The lowest BCUT2D eigenvalue weighted by Crippen LogP contribution is -2.46. The van der Waals surface area contributed by atoms with Crippen LogP contribution >= 0.6 is 11.3 Å². The molecule has 4 nitrogen and oxygen atoms in total. The van der Waals surface area contributed by atoms with E-state index in [4.69, 9.17) is 4.99 Å². The number of rotatable bonds is 7. The van der Waals surface area contributed by atoms with E-state index in [0.29, 0.717) is 11.3 Å². The Bertz CT molecular complexity index is 502. The summed E-state index contributed by atoms with van der Waals surface area (Å²) in [5.74, 6) is 1.67. The highest BCUT2D eigenvalue weighted by Crippen LogP contribution is 2.23. The number of guanidine groups is 1. The smallest absolute Gasteiger partial charge is 0.191 e. The lowest BCUT2D eigenvalue weighted by atomic mass is 9.95. The van der Waals surface area contributed by atoms with Crippen LogP contribution in [0.25, 0.3) is 0 Å². The summed E-state index contributed by atoms with van der Waals surface area (Å²) in [4.78, 5) is 6.07. The lowest BCUT2D eigenvalue weighted by Gasteiger charge is -2.30. The molecule has 0 radical (unpaired) electrons. The van der Waals surface area contributed by atoms with Crippen molar-refractivity contribution in [2.24, 2.45) is 4.99 Å². The molecule has 130 valence electrons. The van der Waals surface area contributed by atoms with Crippen LogP contribution in [0.4, 0.5) is 0 Å². The zero-order valence-corrected chi connectivity index (χ0v) is 15.8. The topological polar surface area (TPSA) is 53.5 Å². The van der Waals surface area contributed by atoms with Crippen molar-refractivity contribution in [3.05, 3.63) is 22.4 Å². The average Bonchev–Trinajstić information content (AvgIpc) is 3.08. The summed E-state index contributed by atoms with van der Waals surface area (Å²) in [6, 6.07) is 4.64. The van der Waals surface area contributed by atoms with Crippen LogP contribution in [0.15, 0.2) is 22.5 Å². The monoisotopic (exact) mass is 355 g/mol. The first kappa shape index (κ1) is 18.5. The Morgan fingerprint density at radius 1 is 1.43 bits per heavy atom. The first-order valence-corrected chi connectivity index (χ1v) is 10.9. The number of hydrogen-bond acceptors (Lipinski definition) is 3. The number of thiophene rings is 1. The predicted molar refractivity (Wildman–Crippen MR) is 102 cm³/mol. The van der Waals surface area contributed by atoms with Crippen molar-refractivity contribution in [3.8, 4) is 0 Å². The molecule has 1 aromatic rings. The molecule has 0 bridgehead atoms. The fraction of sp³-hybridized carbons (Fsp3) is 0.706. The lowest BCUT2D eigenvalue weighted by molar-refractivity contribution is 0.413. The standard InChI is InChI=1S/C17H29N3OS2/c1-3-18-17(19-11-10-15-8-6-12-22-15)20-14-7-5-9-16(13-14)23(21)4-2/h6,8,12,14,16H,3-5,7,9-11,13H2,1-2H3,(H2,18,19,20). The highest BCUT2D eigenvalue weighted by molar-refractivity contribution is 7.85. The van der Waals surface area contributed by atoms with Crippen molar-refractivity contribution in [2.75, 3.05) is 18.8 Å². The third kappa shape index (κ3) is 6.26. The molecule has 2 N–H and O–H groups in total. The van der Waals surface area contributed by atoms with E-state index in [1.54, 1.807) is 11.3 Å². The van der Waals surface area contributed by atoms with Gasteiger partial charge in [0.1, 0.15) is 0 Å². The van der Waals surface area contributed by atoms with E-state index in [-0.39, 0.29) is 0 Å². The molecule has 1 aromatic heterocycles. The molecule has 1 heterocycles. The minimum absolute atomic E-state index is 0.347. The van der Waals surface area contributed by atoms with Crippen LogP contribution < -0.4 is 10.6 Å². The van der Waals surface area contributed by atoms with Crippen LogP contribution in [0.1, 0.15) is 44.4 Å². The fourth-order valence-electron chi connectivity index (χ4n) is 3.00. The van der Waals surface area contributed by atoms with Crippen LogP contribution in [0, 0.1) is 0 Å². The van der Waals surface area contributed by atoms with Gasteiger partial charge in [0.15, 0.2) is 5.96 Å². The molecule has 2 rings (SSSR count).